The Bertz CT molecular complexity index is 670. The third-order valence-corrected chi connectivity index (χ3v) is 4.52. The Morgan fingerprint density at radius 2 is 1.95 bits per heavy atom. The van der Waals surface area contributed by atoms with Crippen LogP contribution in [-0.4, -0.2) is 10.7 Å². The molecule has 2 nitrogen and oxygen atoms in total. The summed E-state index contributed by atoms with van der Waals surface area (Å²) in [5.41, 5.74) is 4.63. The molecule has 96 valence electrons. The van der Waals surface area contributed by atoms with Crippen molar-refractivity contribution < 1.29 is 0 Å². The number of rotatable bonds is 2. The van der Waals surface area contributed by atoms with E-state index in [4.69, 9.17) is 0 Å². The molecule has 0 saturated carbocycles. The van der Waals surface area contributed by atoms with Crippen LogP contribution in [0.5, 0.6) is 0 Å². The van der Waals surface area contributed by atoms with E-state index >= 15 is 0 Å². The van der Waals surface area contributed by atoms with Crippen LogP contribution in [0.4, 0.5) is 0 Å². The summed E-state index contributed by atoms with van der Waals surface area (Å²) in [5, 5.41) is 11.2. The number of aromatic nitrogens is 1. The minimum atomic E-state index is 0.704. The zero-order valence-electron chi connectivity index (χ0n) is 11.1. The van der Waals surface area contributed by atoms with Crippen LogP contribution in [0.2, 0.25) is 0 Å². The van der Waals surface area contributed by atoms with Gasteiger partial charge in [-0.3, -0.25) is 0 Å². The zero-order valence-corrected chi connectivity index (χ0v) is 11.9. The first-order valence-corrected chi connectivity index (χ1v) is 7.80. The molecule has 0 unspecified atom stereocenters. The smallest absolute Gasteiger partial charge is 0.115 e. The fourth-order valence-corrected chi connectivity index (χ4v) is 3.41. The Hall–Kier alpha value is -1.53. The van der Waals surface area contributed by atoms with Gasteiger partial charge in [-0.2, -0.15) is 5.26 Å². The van der Waals surface area contributed by atoms with E-state index in [0.717, 1.165) is 21.7 Å². The first-order chi connectivity index (χ1) is 9.31. The van der Waals surface area contributed by atoms with Gasteiger partial charge in [0.2, 0.25) is 0 Å². The maximum Gasteiger partial charge on any atom is 0.115 e. The number of benzene rings is 1. The third kappa shape index (κ3) is 2.33. The summed E-state index contributed by atoms with van der Waals surface area (Å²) in [4.78, 5) is 4.68. The van der Waals surface area contributed by atoms with Gasteiger partial charge in [-0.1, -0.05) is 6.92 Å². The molecule has 0 spiro atoms. The van der Waals surface area contributed by atoms with E-state index in [9.17, 15) is 5.26 Å². The molecule has 1 aliphatic rings. The van der Waals surface area contributed by atoms with Gasteiger partial charge in [0.15, 0.2) is 0 Å². The maximum atomic E-state index is 9.24. The van der Waals surface area contributed by atoms with Gasteiger partial charge in [0.25, 0.3) is 0 Å². The first-order valence-electron chi connectivity index (χ1n) is 6.81. The summed E-state index contributed by atoms with van der Waals surface area (Å²) in [6, 6.07) is 8.73. The molecule has 0 atom stereocenters. The molecule has 1 aliphatic carbocycles. The van der Waals surface area contributed by atoms with Crippen LogP contribution in [0, 0.1) is 11.3 Å². The lowest BCUT2D eigenvalue weighted by atomic mass is 9.90. The molecule has 0 saturated heterocycles. The summed E-state index contributed by atoms with van der Waals surface area (Å²) >= 11 is 1.65. The van der Waals surface area contributed by atoms with Crippen molar-refractivity contribution in [1.29, 1.82) is 5.26 Å². The minimum Gasteiger partial charge on any atom is -0.240 e. The predicted molar refractivity (Wildman–Crippen MR) is 79.5 cm³/mol. The van der Waals surface area contributed by atoms with Crippen molar-refractivity contribution in [3.8, 4) is 6.07 Å². The number of pyridine rings is 1. The van der Waals surface area contributed by atoms with Gasteiger partial charge in [0, 0.05) is 5.39 Å². The molecule has 0 bridgehead atoms. The van der Waals surface area contributed by atoms with E-state index < -0.39 is 0 Å². The van der Waals surface area contributed by atoms with Crippen LogP contribution < -0.4 is 0 Å². The van der Waals surface area contributed by atoms with Crippen LogP contribution in [0.1, 0.15) is 36.5 Å². The average Bonchev–Trinajstić information content (AvgIpc) is 2.45. The van der Waals surface area contributed by atoms with Gasteiger partial charge in [-0.05, 0) is 60.8 Å². The summed E-state index contributed by atoms with van der Waals surface area (Å²) in [7, 11) is 0. The van der Waals surface area contributed by atoms with Crippen LogP contribution in [0.3, 0.4) is 0 Å². The fraction of sp³-hybridized carbons (Fsp3) is 0.375. The molecule has 0 N–H and O–H groups in total. The quantitative estimate of drug-likeness (QED) is 0.769. The maximum absolute atomic E-state index is 9.24. The van der Waals surface area contributed by atoms with Crippen LogP contribution >= 0.6 is 11.8 Å². The lowest BCUT2D eigenvalue weighted by Crippen LogP contribution is -2.03. The topological polar surface area (TPSA) is 36.7 Å². The number of nitrogens with zero attached hydrogens (tertiary/aromatic N) is 2. The number of nitriles is 1. The highest BCUT2D eigenvalue weighted by Gasteiger charge is 2.13. The Morgan fingerprint density at radius 3 is 2.63 bits per heavy atom. The van der Waals surface area contributed by atoms with Crippen molar-refractivity contribution in [2.45, 2.75) is 37.6 Å². The van der Waals surface area contributed by atoms with Crippen molar-refractivity contribution in [3.05, 3.63) is 34.9 Å². The Labute approximate surface area is 117 Å². The highest BCUT2D eigenvalue weighted by molar-refractivity contribution is 7.99. The van der Waals surface area contributed by atoms with Gasteiger partial charge in [0.1, 0.15) is 11.1 Å². The molecule has 3 heteroatoms. The second-order valence-electron chi connectivity index (χ2n) is 4.91. The fourth-order valence-electron chi connectivity index (χ4n) is 2.72. The van der Waals surface area contributed by atoms with Gasteiger partial charge in [-0.25, -0.2) is 4.98 Å². The molecule has 3 rings (SSSR count). The van der Waals surface area contributed by atoms with Crippen molar-refractivity contribution >= 4 is 22.7 Å². The van der Waals surface area contributed by atoms with E-state index in [1.54, 1.807) is 11.8 Å². The highest BCUT2D eigenvalue weighted by Crippen LogP contribution is 2.29. The van der Waals surface area contributed by atoms with Crippen molar-refractivity contribution in [1.82, 2.24) is 4.98 Å². The Morgan fingerprint density at radius 1 is 1.21 bits per heavy atom. The van der Waals surface area contributed by atoms with E-state index in [1.807, 2.05) is 6.07 Å². The Balaban J connectivity index is 2.19. The van der Waals surface area contributed by atoms with Crippen molar-refractivity contribution in [2.24, 2.45) is 0 Å². The molecular formula is C16H16N2S. The third-order valence-electron chi connectivity index (χ3n) is 3.64. The molecule has 1 heterocycles. The lowest BCUT2D eigenvalue weighted by Gasteiger charge is -2.16. The van der Waals surface area contributed by atoms with Gasteiger partial charge in [-0.15, -0.1) is 11.8 Å². The molecule has 1 aromatic heterocycles. The van der Waals surface area contributed by atoms with E-state index in [1.165, 1.54) is 36.8 Å². The Kier molecular flexibility index (Phi) is 3.44. The SMILES string of the molecule is CCSc1nc2cc3c(cc2cc1C#N)CCCC3. The molecule has 0 aliphatic heterocycles. The number of hydrogen-bond acceptors (Lipinski definition) is 3. The van der Waals surface area contributed by atoms with Crippen molar-refractivity contribution in [3.63, 3.8) is 0 Å². The average molecular weight is 268 g/mol. The number of fused-ring (bicyclic) bond motifs is 2. The summed E-state index contributed by atoms with van der Waals surface area (Å²) in [5.74, 6) is 0.943. The van der Waals surface area contributed by atoms with Crippen LogP contribution in [-0.2, 0) is 12.8 Å². The van der Waals surface area contributed by atoms with Crippen LogP contribution in [0.15, 0.2) is 23.2 Å². The van der Waals surface area contributed by atoms with Gasteiger partial charge >= 0.3 is 0 Å². The largest absolute Gasteiger partial charge is 0.240 e. The summed E-state index contributed by atoms with van der Waals surface area (Å²) < 4.78 is 0. The number of thioether (sulfide) groups is 1. The molecular weight excluding hydrogens is 252 g/mol. The number of hydrogen-bond donors (Lipinski definition) is 0. The van der Waals surface area contributed by atoms with Gasteiger partial charge < -0.3 is 0 Å². The van der Waals surface area contributed by atoms with Crippen molar-refractivity contribution in [2.75, 3.05) is 5.75 Å². The summed E-state index contributed by atoms with van der Waals surface area (Å²) in [6.45, 7) is 2.09. The van der Waals surface area contributed by atoms with E-state index in [0.29, 0.717) is 5.56 Å². The predicted octanol–water partition coefficient (Wildman–Crippen LogP) is 4.10. The minimum absolute atomic E-state index is 0.704. The molecule has 0 amide bonds. The molecule has 19 heavy (non-hydrogen) atoms. The van der Waals surface area contributed by atoms with Crippen LogP contribution in [0.25, 0.3) is 10.9 Å². The normalized spacial score (nSPS) is 14.1. The standard InChI is InChI=1S/C16H16N2S/c1-2-19-16-14(10-17)8-13-7-11-5-3-4-6-12(11)9-15(13)18-16/h7-9H,2-6H2,1H3. The molecule has 0 radical (unpaired) electrons. The molecule has 0 fully saturated rings. The van der Waals surface area contributed by atoms with E-state index in [2.05, 4.69) is 30.1 Å². The molecule has 1 aromatic carbocycles. The van der Waals surface area contributed by atoms with E-state index in [-0.39, 0.29) is 0 Å². The monoisotopic (exact) mass is 268 g/mol. The van der Waals surface area contributed by atoms with Gasteiger partial charge in [0.05, 0.1) is 11.1 Å². The number of aryl methyl sites for hydroxylation is 2. The lowest BCUT2D eigenvalue weighted by molar-refractivity contribution is 0.687. The summed E-state index contributed by atoms with van der Waals surface area (Å²) in [6.07, 6.45) is 4.90. The second kappa shape index (κ2) is 5.22. The highest BCUT2D eigenvalue weighted by atomic mass is 32.2. The zero-order chi connectivity index (χ0) is 13.2. The molecule has 2 aromatic rings. The first kappa shape index (κ1) is 12.5. The second-order valence-corrected chi connectivity index (χ2v) is 6.16.